The number of nitrogens with zero attached hydrogens (tertiary/aromatic N) is 2. The number of amides is 1. The number of benzene rings is 4. The van der Waals surface area contributed by atoms with Crippen molar-refractivity contribution >= 4 is 67.1 Å². The van der Waals surface area contributed by atoms with E-state index in [-0.39, 0.29) is 38.4 Å². The summed E-state index contributed by atoms with van der Waals surface area (Å²) in [5, 5.41) is 23.2. The zero-order valence-electron chi connectivity index (χ0n) is 19.4. The number of anilines is 1. The van der Waals surface area contributed by atoms with Crippen molar-refractivity contribution in [2.45, 2.75) is 11.8 Å². The molecule has 0 unspecified atom stereocenters. The Kier molecular flexibility index (Phi) is 7.37. The highest BCUT2D eigenvalue weighted by atomic mass is 35.5. The number of carbonyl (C=O) groups excluding carboxylic acids is 1. The van der Waals surface area contributed by atoms with E-state index >= 15 is 0 Å². The number of aromatic hydroxyl groups is 1. The van der Waals surface area contributed by atoms with Gasteiger partial charge in [-0.2, -0.15) is 8.42 Å². The average molecular weight is 560 g/mol. The fourth-order valence-corrected chi connectivity index (χ4v) is 5.04. The Morgan fingerprint density at radius 2 is 1.70 bits per heavy atom. The third kappa shape index (κ3) is 5.37. The maximum atomic E-state index is 13.2. The molecule has 0 fully saturated rings. The highest BCUT2D eigenvalue weighted by Gasteiger charge is 2.22. The zero-order valence-corrected chi connectivity index (χ0v) is 21.7. The van der Waals surface area contributed by atoms with Crippen LogP contribution in [0.2, 0.25) is 10.0 Å². The summed E-state index contributed by atoms with van der Waals surface area (Å²) in [6.07, 6.45) is 0. The number of carbonyl (C=O) groups is 1. The Balaban J connectivity index is 1.86. The van der Waals surface area contributed by atoms with E-state index in [4.69, 9.17) is 27.9 Å². The first-order chi connectivity index (χ1) is 17.5. The Morgan fingerprint density at radius 1 is 1.00 bits per heavy atom. The number of para-hydroxylation sites is 1. The lowest BCUT2D eigenvalue weighted by Crippen LogP contribution is -2.13. The van der Waals surface area contributed by atoms with Gasteiger partial charge in [0, 0.05) is 10.4 Å². The molecule has 0 radical (unpaired) electrons. The molecule has 0 aromatic heterocycles. The van der Waals surface area contributed by atoms with Gasteiger partial charge in [0.15, 0.2) is 11.5 Å². The van der Waals surface area contributed by atoms with Gasteiger partial charge in [0.25, 0.3) is 16.0 Å². The first-order valence-corrected chi connectivity index (χ1v) is 12.8. The number of aryl methyl sites for hydroxylation is 1. The van der Waals surface area contributed by atoms with Gasteiger partial charge >= 0.3 is 0 Å². The highest BCUT2D eigenvalue weighted by Crippen LogP contribution is 2.41. The molecule has 4 rings (SSSR count). The number of halogens is 2. The van der Waals surface area contributed by atoms with E-state index in [0.717, 1.165) is 6.07 Å². The van der Waals surface area contributed by atoms with Gasteiger partial charge in [-0.25, -0.2) is 0 Å². The van der Waals surface area contributed by atoms with E-state index < -0.39 is 26.7 Å². The van der Waals surface area contributed by atoms with Gasteiger partial charge in [0.1, 0.15) is 16.3 Å². The van der Waals surface area contributed by atoms with Crippen molar-refractivity contribution in [3.63, 3.8) is 0 Å². The number of rotatable bonds is 6. The molecule has 37 heavy (non-hydrogen) atoms. The molecule has 0 heterocycles. The molecule has 0 atom stereocenters. The fourth-order valence-electron chi connectivity index (χ4n) is 3.73. The molecule has 0 aliphatic rings. The van der Waals surface area contributed by atoms with E-state index in [9.17, 15) is 22.9 Å². The molecular weight excluding hydrogens is 541 g/mol. The molecule has 0 spiro atoms. The van der Waals surface area contributed by atoms with E-state index in [1.807, 2.05) is 0 Å². The second-order valence-electron chi connectivity index (χ2n) is 7.86. The number of hydrogen-bond acceptors (Lipinski definition) is 7. The van der Waals surface area contributed by atoms with Crippen LogP contribution in [0.25, 0.3) is 10.8 Å². The van der Waals surface area contributed by atoms with Crippen molar-refractivity contribution < 1.29 is 27.6 Å². The number of nitrogens with one attached hydrogen (secondary N) is 1. The van der Waals surface area contributed by atoms with Crippen molar-refractivity contribution in [1.82, 2.24) is 0 Å². The number of azo groups is 1. The molecule has 0 saturated carbocycles. The summed E-state index contributed by atoms with van der Waals surface area (Å²) in [5.74, 6) is -0.934. The van der Waals surface area contributed by atoms with Crippen molar-refractivity contribution in [1.29, 1.82) is 0 Å². The average Bonchev–Trinajstić information content (AvgIpc) is 2.83. The summed E-state index contributed by atoms with van der Waals surface area (Å²) in [6.45, 7) is 1.54. The number of ether oxygens (including phenoxy) is 1. The molecule has 4 aromatic rings. The number of phenolic OH excluding ortho intramolecular Hbond substituents is 1. The van der Waals surface area contributed by atoms with Crippen molar-refractivity contribution in [3.05, 3.63) is 81.8 Å². The first kappa shape index (κ1) is 26.4. The van der Waals surface area contributed by atoms with Crippen LogP contribution in [0.5, 0.6) is 11.5 Å². The van der Waals surface area contributed by atoms with E-state index in [0.29, 0.717) is 16.3 Å². The summed E-state index contributed by atoms with van der Waals surface area (Å²) in [6, 6.07) is 15.6. The highest BCUT2D eigenvalue weighted by molar-refractivity contribution is 7.86. The predicted octanol–water partition coefficient (Wildman–Crippen LogP) is 7.08. The van der Waals surface area contributed by atoms with Crippen LogP contribution in [0.3, 0.4) is 0 Å². The predicted molar refractivity (Wildman–Crippen MR) is 142 cm³/mol. The molecule has 0 bridgehead atoms. The monoisotopic (exact) mass is 559 g/mol. The largest absolute Gasteiger partial charge is 0.505 e. The van der Waals surface area contributed by atoms with E-state index in [2.05, 4.69) is 15.5 Å². The third-order valence-corrected chi connectivity index (χ3v) is 6.80. The van der Waals surface area contributed by atoms with Gasteiger partial charge in [-0.15, -0.1) is 10.2 Å². The number of fused-ring (bicyclic) bond motifs is 1. The lowest BCUT2D eigenvalue weighted by Gasteiger charge is -2.14. The number of methoxy groups -OCH3 is 1. The van der Waals surface area contributed by atoms with Crippen LogP contribution in [0.15, 0.2) is 75.8 Å². The van der Waals surface area contributed by atoms with Crippen LogP contribution >= 0.6 is 23.2 Å². The normalized spacial score (nSPS) is 11.7. The molecule has 0 aliphatic carbocycles. The van der Waals surface area contributed by atoms with Gasteiger partial charge in [-0.3, -0.25) is 9.35 Å². The Labute approximate surface area is 222 Å². The van der Waals surface area contributed by atoms with Gasteiger partial charge in [-0.05, 0) is 48.2 Å². The molecule has 4 aromatic carbocycles. The van der Waals surface area contributed by atoms with Crippen LogP contribution in [-0.4, -0.2) is 31.1 Å². The molecule has 12 heteroatoms. The van der Waals surface area contributed by atoms with Gasteiger partial charge in [0.2, 0.25) is 0 Å². The molecule has 190 valence electrons. The minimum Gasteiger partial charge on any atom is -0.505 e. The maximum absolute atomic E-state index is 13.2. The minimum atomic E-state index is -4.69. The summed E-state index contributed by atoms with van der Waals surface area (Å²) in [7, 11) is -3.28. The van der Waals surface area contributed by atoms with Crippen LogP contribution in [0, 0.1) is 6.92 Å². The molecule has 3 N–H and O–H groups in total. The van der Waals surface area contributed by atoms with Crippen molar-refractivity contribution in [2.24, 2.45) is 10.2 Å². The smallest absolute Gasteiger partial charge is 0.296 e. The quantitative estimate of drug-likeness (QED) is 0.170. The Bertz CT molecular complexity index is 1690. The fraction of sp³-hybridized carbons (Fsp3) is 0.0800. The van der Waals surface area contributed by atoms with Crippen LogP contribution in [0.1, 0.15) is 15.9 Å². The van der Waals surface area contributed by atoms with Crippen LogP contribution in [-0.2, 0) is 10.1 Å². The molecule has 0 saturated heterocycles. The minimum absolute atomic E-state index is 0.0764. The summed E-state index contributed by atoms with van der Waals surface area (Å²) < 4.78 is 38.7. The van der Waals surface area contributed by atoms with Gasteiger partial charge in [0.05, 0.1) is 23.4 Å². The summed E-state index contributed by atoms with van der Waals surface area (Å²) >= 11 is 12.1. The van der Waals surface area contributed by atoms with Crippen molar-refractivity contribution in [3.8, 4) is 11.5 Å². The first-order valence-electron chi connectivity index (χ1n) is 10.6. The third-order valence-electron chi connectivity index (χ3n) is 5.42. The molecule has 1 amide bonds. The van der Waals surface area contributed by atoms with Gasteiger partial charge in [-0.1, -0.05) is 53.5 Å². The van der Waals surface area contributed by atoms with Crippen LogP contribution in [0.4, 0.5) is 17.1 Å². The topological polar surface area (TPSA) is 138 Å². The summed E-state index contributed by atoms with van der Waals surface area (Å²) in [5.41, 5.74) is 0.211. The Hall–Kier alpha value is -3.70. The number of phenols is 1. The van der Waals surface area contributed by atoms with E-state index in [1.54, 1.807) is 42.5 Å². The lowest BCUT2D eigenvalue weighted by atomic mass is 10.0. The standard InChI is InChI=1S/C25H19Cl2N3O6S/c1-13-10-15(26)12-20(37(33,34)35)21(13)29-30-22-16-7-4-3-6-14(16)11-17(23(22)31)25(32)28-19-9-5-8-18(27)24(19)36-2/h3-12,31H,1-2H3,(H,28,32)(H,33,34,35). The van der Waals surface area contributed by atoms with E-state index in [1.165, 1.54) is 26.2 Å². The second kappa shape index (κ2) is 10.3. The Morgan fingerprint density at radius 3 is 2.41 bits per heavy atom. The lowest BCUT2D eigenvalue weighted by molar-refractivity contribution is 0.102. The molecular formula is C25H19Cl2N3O6S. The van der Waals surface area contributed by atoms with Crippen LogP contribution < -0.4 is 10.1 Å². The van der Waals surface area contributed by atoms with Gasteiger partial charge < -0.3 is 15.2 Å². The zero-order chi connectivity index (χ0) is 26.9. The molecule has 9 nitrogen and oxygen atoms in total. The molecule has 0 aliphatic heterocycles. The SMILES string of the molecule is COc1c(Cl)cccc1NC(=O)c1cc2ccccc2c(N=Nc2c(C)cc(Cl)cc2S(=O)(=O)O)c1O. The number of hydrogen-bond donors (Lipinski definition) is 3. The second-order valence-corrected chi connectivity index (χ2v) is 10.1. The summed E-state index contributed by atoms with van der Waals surface area (Å²) in [4.78, 5) is 12.6. The maximum Gasteiger partial charge on any atom is 0.296 e. The van der Waals surface area contributed by atoms with Crippen molar-refractivity contribution in [2.75, 3.05) is 12.4 Å².